The number of carbonyl (C=O) groups is 2. The van der Waals surface area contributed by atoms with Crippen LogP contribution in [0.3, 0.4) is 0 Å². The number of carboxylic acids is 1. The highest BCUT2D eigenvalue weighted by molar-refractivity contribution is 6.04. The number of rotatable bonds is 3. The van der Waals surface area contributed by atoms with Crippen LogP contribution >= 0.6 is 0 Å². The van der Waals surface area contributed by atoms with Gasteiger partial charge in [-0.1, -0.05) is 6.07 Å². The SMILES string of the molecule is CN(C(=O)c1cccc(C(=O)O)n1)c1cc[nH]c1. The number of carboxylic acid groups (broad SMARTS) is 1. The molecule has 1 amide bonds. The van der Waals surface area contributed by atoms with Gasteiger partial charge in [0.1, 0.15) is 11.4 Å². The molecule has 2 aromatic heterocycles. The van der Waals surface area contributed by atoms with Crippen molar-refractivity contribution in [1.29, 1.82) is 0 Å². The Balaban J connectivity index is 2.29. The van der Waals surface area contributed by atoms with Gasteiger partial charge in [-0.3, -0.25) is 4.79 Å². The van der Waals surface area contributed by atoms with Crippen molar-refractivity contribution in [2.24, 2.45) is 0 Å². The van der Waals surface area contributed by atoms with Gasteiger partial charge in [-0.2, -0.15) is 0 Å². The molecule has 6 heteroatoms. The van der Waals surface area contributed by atoms with E-state index in [-0.39, 0.29) is 17.3 Å². The van der Waals surface area contributed by atoms with Crippen molar-refractivity contribution in [1.82, 2.24) is 9.97 Å². The third-order valence-corrected chi connectivity index (χ3v) is 2.46. The number of pyridine rings is 1. The Labute approximate surface area is 103 Å². The molecular formula is C12H11N3O3. The number of hydrogen-bond acceptors (Lipinski definition) is 3. The van der Waals surface area contributed by atoms with Crippen molar-refractivity contribution < 1.29 is 14.7 Å². The average Bonchev–Trinajstić information content (AvgIpc) is 2.91. The Morgan fingerprint density at radius 3 is 2.61 bits per heavy atom. The van der Waals surface area contributed by atoms with Crippen LogP contribution in [0.2, 0.25) is 0 Å². The van der Waals surface area contributed by atoms with E-state index in [2.05, 4.69) is 9.97 Å². The van der Waals surface area contributed by atoms with E-state index in [4.69, 9.17) is 5.11 Å². The van der Waals surface area contributed by atoms with Gasteiger partial charge in [0.15, 0.2) is 0 Å². The fourth-order valence-electron chi connectivity index (χ4n) is 1.49. The van der Waals surface area contributed by atoms with Gasteiger partial charge in [-0.25, -0.2) is 9.78 Å². The Morgan fingerprint density at radius 2 is 2.00 bits per heavy atom. The van der Waals surface area contributed by atoms with Gasteiger partial charge in [0.25, 0.3) is 5.91 Å². The zero-order valence-electron chi connectivity index (χ0n) is 9.62. The van der Waals surface area contributed by atoms with E-state index in [1.165, 1.54) is 23.1 Å². The van der Waals surface area contributed by atoms with Crippen LogP contribution < -0.4 is 4.90 Å². The summed E-state index contributed by atoms with van der Waals surface area (Å²) in [5.74, 6) is -1.52. The maximum absolute atomic E-state index is 12.1. The molecule has 0 aliphatic carbocycles. The van der Waals surface area contributed by atoms with Crippen molar-refractivity contribution in [2.45, 2.75) is 0 Å². The molecule has 0 saturated carbocycles. The highest BCUT2D eigenvalue weighted by atomic mass is 16.4. The predicted molar refractivity (Wildman–Crippen MR) is 64.7 cm³/mol. The van der Waals surface area contributed by atoms with Crippen LogP contribution in [-0.2, 0) is 0 Å². The zero-order chi connectivity index (χ0) is 13.1. The summed E-state index contributed by atoms with van der Waals surface area (Å²) < 4.78 is 0. The van der Waals surface area contributed by atoms with Crippen LogP contribution in [0.5, 0.6) is 0 Å². The molecule has 0 bridgehead atoms. The van der Waals surface area contributed by atoms with Crippen LogP contribution in [0.1, 0.15) is 21.0 Å². The summed E-state index contributed by atoms with van der Waals surface area (Å²) in [6.45, 7) is 0. The monoisotopic (exact) mass is 245 g/mol. The number of aromatic amines is 1. The number of hydrogen-bond donors (Lipinski definition) is 2. The second-order valence-electron chi connectivity index (χ2n) is 3.65. The van der Waals surface area contributed by atoms with E-state index in [1.54, 1.807) is 25.5 Å². The van der Waals surface area contributed by atoms with Crippen LogP contribution in [0.4, 0.5) is 5.69 Å². The van der Waals surface area contributed by atoms with Gasteiger partial charge in [0.05, 0.1) is 5.69 Å². The van der Waals surface area contributed by atoms with E-state index < -0.39 is 5.97 Å². The van der Waals surface area contributed by atoms with E-state index in [0.29, 0.717) is 5.69 Å². The number of amides is 1. The lowest BCUT2D eigenvalue weighted by atomic mass is 10.2. The van der Waals surface area contributed by atoms with Crippen LogP contribution in [0.15, 0.2) is 36.7 Å². The second kappa shape index (κ2) is 4.70. The quantitative estimate of drug-likeness (QED) is 0.855. The topological polar surface area (TPSA) is 86.3 Å². The molecule has 0 unspecified atom stereocenters. The minimum Gasteiger partial charge on any atom is -0.477 e. The predicted octanol–water partition coefficient (Wildman–Crippen LogP) is 1.38. The third-order valence-electron chi connectivity index (χ3n) is 2.46. The lowest BCUT2D eigenvalue weighted by molar-refractivity contribution is 0.0690. The first-order valence-electron chi connectivity index (χ1n) is 5.21. The number of aromatic carboxylic acids is 1. The van der Waals surface area contributed by atoms with Crippen LogP contribution in [0, 0.1) is 0 Å². The summed E-state index contributed by atoms with van der Waals surface area (Å²) in [5, 5.41) is 8.82. The van der Waals surface area contributed by atoms with E-state index >= 15 is 0 Å². The minimum atomic E-state index is -1.16. The molecule has 2 aromatic rings. The van der Waals surface area contributed by atoms with Crippen LogP contribution in [-0.4, -0.2) is 34.0 Å². The number of aromatic nitrogens is 2. The molecule has 0 radical (unpaired) electrons. The molecule has 2 heterocycles. The highest BCUT2D eigenvalue weighted by Crippen LogP contribution is 2.13. The number of anilines is 1. The number of H-pyrrole nitrogens is 1. The number of nitrogens with one attached hydrogen (secondary N) is 1. The standard InChI is InChI=1S/C12H11N3O3/c1-15(8-5-6-13-7-8)11(16)9-3-2-4-10(14-9)12(17)18/h2-7,13H,1H3,(H,17,18). The first-order valence-corrected chi connectivity index (χ1v) is 5.21. The number of nitrogens with zero attached hydrogens (tertiary/aromatic N) is 2. The molecule has 92 valence electrons. The summed E-state index contributed by atoms with van der Waals surface area (Å²) >= 11 is 0. The maximum Gasteiger partial charge on any atom is 0.354 e. The minimum absolute atomic E-state index is 0.0959. The number of carbonyl (C=O) groups excluding carboxylic acids is 1. The Hall–Kier alpha value is -2.63. The maximum atomic E-state index is 12.1. The molecule has 0 aromatic carbocycles. The van der Waals surface area contributed by atoms with Crippen molar-refractivity contribution in [3.05, 3.63) is 48.0 Å². The van der Waals surface area contributed by atoms with E-state index in [1.807, 2.05) is 0 Å². The van der Waals surface area contributed by atoms with Crippen molar-refractivity contribution in [2.75, 3.05) is 11.9 Å². The smallest absolute Gasteiger partial charge is 0.354 e. The fourth-order valence-corrected chi connectivity index (χ4v) is 1.49. The van der Waals surface area contributed by atoms with Gasteiger partial charge in [-0.05, 0) is 18.2 Å². The van der Waals surface area contributed by atoms with Crippen LogP contribution in [0.25, 0.3) is 0 Å². The molecule has 0 spiro atoms. The molecular weight excluding hydrogens is 234 g/mol. The van der Waals surface area contributed by atoms with Gasteiger partial charge in [0.2, 0.25) is 0 Å². The molecule has 0 aliphatic rings. The largest absolute Gasteiger partial charge is 0.477 e. The molecule has 0 fully saturated rings. The lowest BCUT2D eigenvalue weighted by Crippen LogP contribution is -2.27. The summed E-state index contributed by atoms with van der Waals surface area (Å²) in [6, 6.07) is 6.06. The van der Waals surface area contributed by atoms with Crippen molar-refractivity contribution >= 4 is 17.6 Å². The highest BCUT2D eigenvalue weighted by Gasteiger charge is 2.16. The van der Waals surface area contributed by atoms with Gasteiger partial charge in [0, 0.05) is 19.4 Å². The molecule has 2 N–H and O–H groups in total. The second-order valence-corrected chi connectivity index (χ2v) is 3.65. The van der Waals surface area contributed by atoms with Gasteiger partial charge >= 0.3 is 5.97 Å². The van der Waals surface area contributed by atoms with Gasteiger partial charge < -0.3 is 15.0 Å². The normalized spacial score (nSPS) is 10.1. The van der Waals surface area contributed by atoms with Crippen molar-refractivity contribution in [3.8, 4) is 0 Å². The molecule has 0 atom stereocenters. The average molecular weight is 245 g/mol. The molecule has 2 rings (SSSR count). The fraction of sp³-hybridized carbons (Fsp3) is 0.0833. The van der Waals surface area contributed by atoms with Crippen molar-refractivity contribution in [3.63, 3.8) is 0 Å². The summed E-state index contributed by atoms with van der Waals surface area (Å²) in [5.41, 5.74) is 0.629. The first kappa shape index (κ1) is 11.8. The Bertz CT molecular complexity index is 578. The molecule has 18 heavy (non-hydrogen) atoms. The summed E-state index contributed by atoms with van der Waals surface area (Å²) in [6.07, 6.45) is 3.36. The van der Waals surface area contributed by atoms with E-state index in [0.717, 1.165) is 0 Å². The Morgan fingerprint density at radius 1 is 1.28 bits per heavy atom. The first-order chi connectivity index (χ1) is 8.59. The van der Waals surface area contributed by atoms with Gasteiger partial charge in [-0.15, -0.1) is 0 Å². The lowest BCUT2D eigenvalue weighted by Gasteiger charge is -2.14. The third kappa shape index (κ3) is 2.22. The Kier molecular flexibility index (Phi) is 3.09. The summed E-state index contributed by atoms with van der Waals surface area (Å²) in [7, 11) is 1.60. The molecule has 0 aliphatic heterocycles. The zero-order valence-corrected chi connectivity index (χ0v) is 9.62. The molecule has 6 nitrogen and oxygen atoms in total. The summed E-state index contributed by atoms with van der Waals surface area (Å²) in [4.78, 5) is 30.9. The molecule has 0 saturated heterocycles. The van der Waals surface area contributed by atoms with E-state index in [9.17, 15) is 9.59 Å².